The Kier molecular flexibility index (Phi) is 5.40. The maximum Gasteiger partial charge on any atom is 0.317 e. The van der Waals surface area contributed by atoms with Crippen molar-refractivity contribution < 1.29 is 19.8 Å². The van der Waals surface area contributed by atoms with Crippen molar-refractivity contribution in [2.45, 2.75) is 45.2 Å². The third kappa shape index (κ3) is 3.60. The van der Waals surface area contributed by atoms with Gasteiger partial charge in [0.2, 0.25) is 0 Å². The Hall–Kier alpha value is -1.30. The van der Waals surface area contributed by atoms with E-state index in [1.807, 2.05) is 0 Å². The SMILES string of the molecule is CC(NC(=O)N(CCO)C1CCC1)C(C)C(=O)O. The summed E-state index contributed by atoms with van der Waals surface area (Å²) in [4.78, 5) is 24.4. The Morgan fingerprint density at radius 3 is 2.39 bits per heavy atom. The van der Waals surface area contributed by atoms with Gasteiger partial charge in [-0.25, -0.2) is 4.79 Å². The molecule has 0 heterocycles. The number of amides is 2. The molecular weight excluding hydrogens is 236 g/mol. The van der Waals surface area contributed by atoms with E-state index in [-0.39, 0.29) is 18.7 Å². The molecule has 2 unspecified atom stereocenters. The van der Waals surface area contributed by atoms with E-state index in [0.29, 0.717) is 6.54 Å². The van der Waals surface area contributed by atoms with Gasteiger partial charge in [-0.15, -0.1) is 0 Å². The molecule has 0 radical (unpaired) electrons. The fraction of sp³-hybridized carbons (Fsp3) is 0.833. The highest BCUT2D eigenvalue weighted by Gasteiger charge is 2.30. The number of nitrogens with zero attached hydrogens (tertiary/aromatic N) is 1. The van der Waals surface area contributed by atoms with Crippen LogP contribution in [0.4, 0.5) is 4.79 Å². The molecule has 1 aliphatic rings. The Balaban J connectivity index is 2.52. The summed E-state index contributed by atoms with van der Waals surface area (Å²) in [7, 11) is 0. The van der Waals surface area contributed by atoms with Gasteiger partial charge in [0.25, 0.3) is 0 Å². The van der Waals surface area contributed by atoms with Crippen molar-refractivity contribution in [1.29, 1.82) is 0 Å². The summed E-state index contributed by atoms with van der Waals surface area (Å²) in [5, 5.41) is 20.5. The molecule has 0 aromatic carbocycles. The largest absolute Gasteiger partial charge is 0.481 e. The summed E-state index contributed by atoms with van der Waals surface area (Å²) >= 11 is 0. The van der Waals surface area contributed by atoms with Gasteiger partial charge < -0.3 is 20.4 Å². The number of carboxylic acids is 1. The molecule has 0 saturated heterocycles. The van der Waals surface area contributed by atoms with Crippen LogP contribution in [-0.4, -0.2) is 52.3 Å². The number of aliphatic hydroxyl groups is 1. The molecule has 0 spiro atoms. The lowest BCUT2D eigenvalue weighted by atomic mass is 9.91. The molecule has 0 aromatic rings. The van der Waals surface area contributed by atoms with Gasteiger partial charge in [0.15, 0.2) is 0 Å². The van der Waals surface area contributed by atoms with Crippen molar-refractivity contribution in [3.8, 4) is 0 Å². The highest BCUT2D eigenvalue weighted by Crippen LogP contribution is 2.24. The average Bonchev–Trinajstić information content (AvgIpc) is 2.24. The monoisotopic (exact) mass is 258 g/mol. The summed E-state index contributed by atoms with van der Waals surface area (Å²) in [6, 6.07) is -0.532. The predicted molar refractivity (Wildman–Crippen MR) is 66.2 cm³/mol. The van der Waals surface area contributed by atoms with E-state index in [2.05, 4.69) is 5.32 Å². The number of rotatable bonds is 6. The molecule has 6 nitrogen and oxygen atoms in total. The first-order valence-electron chi connectivity index (χ1n) is 6.38. The van der Waals surface area contributed by atoms with E-state index in [1.165, 1.54) is 0 Å². The molecule has 2 atom stereocenters. The Bertz CT molecular complexity index is 304. The molecule has 1 aliphatic carbocycles. The molecular formula is C12H22N2O4. The fourth-order valence-electron chi connectivity index (χ4n) is 1.87. The summed E-state index contributed by atoms with van der Waals surface area (Å²) in [5.41, 5.74) is 0. The topological polar surface area (TPSA) is 89.9 Å². The van der Waals surface area contributed by atoms with Gasteiger partial charge in [0.05, 0.1) is 12.5 Å². The molecule has 104 valence electrons. The van der Waals surface area contributed by atoms with Gasteiger partial charge >= 0.3 is 12.0 Å². The van der Waals surface area contributed by atoms with Crippen molar-refractivity contribution in [3.63, 3.8) is 0 Å². The lowest BCUT2D eigenvalue weighted by molar-refractivity contribution is -0.141. The maximum atomic E-state index is 12.0. The Morgan fingerprint density at radius 1 is 1.39 bits per heavy atom. The second-order valence-corrected chi connectivity index (χ2v) is 4.87. The zero-order valence-electron chi connectivity index (χ0n) is 10.9. The van der Waals surface area contributed by atoms with Crippen LogP contribution in [-0.2, 0) is 4.79 Å². The summed E-state index contributed by atoms with van der Waals surface area (Å²) in [6.07, 6.45) is 3.01. The highest BCUT2D eigenvalue weighted by molar-refractivity contribution is 5.77. The molecule has 18 heavy (non-hydrogen) atoms. The number of aliphatic hydroxyl groups excluding tert-OH is 1. The van der Waals surface area contributed by atoms with Crippen LogP contribution in [0.1, 0.15) is 33.1 Å². The number of carbonyl (C=O) groups is 2. The third-order valence-corrected chi connectivity index (χ3v) is 3.61. The average molecular weight is 258 g/mol. The van der Waals surface area contributed by atoms with E-state index in [1.54, 1.807) is 18.7 Å². The van der Waals surface area contributed by atoms with E-state index >= 15 is 0 Å². The number of urea groups is 1. The number of aliphatic carboxylic acids is 1. The minimum absolute atomic E-state index is 0.0766. The number of nitrogens with one attached hydrogen (secondary N) is 1. The molecule has 3 N–H and O–H groups in total. The van der Waals surface area contributed by atoms with Crippen LogP contribution < -0.4 is 5.32 Å². The van der Waals surface area contributed by atoms with Gasteiger partial charge in [-0.1, -0.05) is 0 Å². The first-order chi connectivity index (χ1) is 8.47. The summed E-state index contributed by atoms with van der Waals surface area (Å²) in [5.74, 6) is -1.56. The Morgan fingerprint density at radius 2 is 2.00 bits per heavy atom. The predicted octanol–water partition coefficient (Wildman–Crippen LogP) is 0.652. The van der Waals surface area contributed by atoms with Crippen LogP contribution in [0.25, 0.3) is 0 Å². The van der Waals surface area contributed by atoms with Crippen LogP contribution in [0.3, 0.4) is 0 Å². The second-order valence-electron chi connectivity index (χ2n) is 4.87. The zero-order chi connectivity index (χ0) is 13.7. The molecule has 0 aromatic heterocycles. The minimum atomic E-state index is -0.930. The van der Waals surface area contributed by atoms with Crippen LogP contribution in [0.2, 0.25) is 0 Å². The number of carbonyl (C=O) groups excluding carboxylic acids is 1. The number of hydrogen-bond acceptors (Lipinski definition) is 3. The van der Waals surface area contributed by atoms with Crippen LogP contribution in [0, 0.1) is 5.92 Å². The maximum absolute atomic E-state index is 12.0. The quantitative estimate of drug-likeness (QED) is 0.652. The van der Waals surface area contributed by atoms with Gasteiger partial charge in [-0.3, -0.25) is 4.79 Å². The van der Waals surface area contributed by atoms with E-state index in [4.69, 9.17) is 10.2 Å². The zero-order valence-corrected chi connectivity index (χ0v) is 10.9. The van der Waals surface area contributed by atoms with Gasteiger partial charge in [0.1, 0.15) is 0 Å². The first-order valence-corrected chi connectivity index (χ1v) is 6.38. The normalized spacial score (nSPS) is 18.6. The number of carboxylic acid groups (broad SMARTS) is 1. The summed E-state index contributed by atoms with van der Waals surface area (Å²) in [6.45, 7) is 3.46. The molecule has 0 aliphatic heterocycles. The van der Waals surface area contributed by atoms with E-state index < -0.39 is 17.9 Å². The second kappa shape index (κ2) is 6.58. The van der Waals surface area contributed by atoms with E-state index in [0.717, 1.165) is 19.3 Å². The third-order valence-electron chi connectivity index (χ3n) is 3.61. The van der Waals surface area contributed by atoms with E-state index in [9.17, 15) is 9.59 Å². The molecule has 1 fully saturated rings. The Labute approximate surface area is 107 Å². The highest BCUT2D eigenvalue weighted by atomic mass is 16.4. The standard InChI is InChI=1S/C12H22N2O4/c1-8(11(16)17)9(2)13-12(18)14(6-7-15)10-4-3-5-10/h8-10,15H,3-7H2,1-2H3,(H,13,18)(H,16,17). The molecule has 1 rings (SSSR count). The lowest BCUT2D eigenvalue weighted by Gasteiger charge is -2.38. The number of hydrogen-bond donors (Lipinski definition) is 3. The van der Waals surface area contributed by atoms with Crippen molar-refractivity contribution in [3.05, 3.63) is 0 Å². The van der Waals surface area contributed by atoms with Crippen LogP contribution in [0.5, 0.6) is 0 Å². The smallest absolute Gasteiger partial charge is 0.317 e. The fourth-order valence-corrected chi connectivity index (χ4v) is 1.87. The minimum Gasteiger partial charge on any atom is -0.481 e. The van der Waals surface area contributed by atoms with Gasteiger partial charge in [-0.05, 0) is 33.1 Å². The van der Waals surface area contributed by atoms with Crippen molar-refractivity contribution in [2.75, 3.05) is 13.2 Å². The molecule has 0 bridgehead atoms. The molecule has 6 heteroatoms. The van der Waals surface area contributed by atoms with Gasteiger partial charge in [-0.2, -0.15) is 0 Å². The van der Waals surface area contributed by atoms with Crippen molar-refractivity contribution in [1.82, 2.24) is 10.2 Å². The molecule has 2 amide bonds. The van der Waals surface area contributed by atoms with Crippen LogP contribution >= 0.6 is 0 Å². The lowest BCUT2D eigenvalue weighted by Crippen LogP contribution is -2.53. The first kappa shape index (κ1) is 14.8. The molecule has 1 saturated carbocycles. The van der Waals surface area contributed by atoms with Crippen molar-refractivity contribution >= 4 is 12.0 Å². The summed E-state index contributed by atoms with van der Waals surface area (Å²) < 4.78 is 0. The van der Waals surface area contributed by atoms with Crippen molar-refractivity contribution in [2.24, 2.45) is 5.92 Å². The van der Waals surface area contributed by atoms with Crippen LogP contribution in [0.15, 0.2) is 0 Å². The van der Waals surface area contributed by atoms with Gasteiger partial charge in [0, 0.05) is 18.6 Å².